The monoisotopic (exact) mass is 266 g/mol. The van der Waals surface area contributed by atoms with Crippen molar-refractivity contribution in [3.63, 3.8) is 0 Å². The molecule has 0 aliphatic rings. The quantitative estimate of drug-likeness (QED) is 0.774. The van der Waals surface area contributed by atoms with Crippen molar-refractivity contribution in [1.29, 1.82) is 0 Å². The topological polar surface area (TPSA) is 50.2 Å². The maximum atomic E-state index is 12.0. The van der Waals surface area contributed by atoms with E-state index in [1.165, 1.54) is 4.68 Å². The Bertz CT molecular complexity index is 426. The number of rotatable bonds is 8. The fourth-order valence-corrected chi connectivity index (χ4v) is 2.04. The van der Waals surface area contributed by atoms with E-state index in [0.29, 0.717) is 6.54 Å². The van der Waals surface area contributed by atoms with Crippen LogP contribution in [0.4, 0.5) is 5.69 Å². The van der Waals surface area contributed by atoms with Crippen molar-refractivity contribution in [3.05, 3.63) is 22.6 Å². The second kappa shape index (κ2) is 7.94. The van der Waals surface area contributed by atoms with E-state index in [1.54, 1.807) is 12.3 Å². The molecule has 1 aromatic heterocycles. The third-order valence-electron chi connectivity index (χ3n) is 3.17. The Morgan fingerprint density at radius 2 is 2.05 bits per heavy atom. The van der Waals surface area contributed by atoms with Gasteiger partial charge in [0.15, 0.2) is 0 Å². The molecular formula is C14H26N4O. The van der Waals surface area contributed by atoms with Crippen LogP contribution >= 0.6 is 0 Å². The summed E-state index contributed by atoms with van der Waals surface area (Å²) in [4.78, 5) is 14.2. The molecule has 1 heterocycles. The van der Waals surface area contributed by atoms with E-state index in [1.807, 2.05) is 0 Å². The number of anilines is 1. The van der Waals surface area contributed by atoms with Crippen LogP contribution in [-0.4, -0.2) is 35.5 Å². The molecule has 0 saturated heterocycles. The second-order valence-electron chi connectivity index (χ2n) is 4.76. The van der Waals surface area contributed by atoms with Gasteiger partial charge in [-0.3, -0.25) is 4.79 Å². The van der Waals surface area contributed by atoms with Crippen LogP contribution in [0.3, 0.4) is 0 Å². The summed E-state index contributed by atoms with van der Waals surface area (Å²) in [5.41, 5.74) is 0.870. The van der Waals surface area contributed by atoms with Crippen molar-refractivity contribution in [2.45, 2.75) is 46.7 Å². The maximum absolute atomic E-state index is 12.0. The largest absolute Gasteiger partial charge is 0.371 e. The molecule has 0 fully saturated rings. The molecule has 0 aromatic carbocycles. The van der Waals surface area contributed by atoms with Crippen molar-refractivity contribution in [1.82, 2.24) is 15.1 Å². The fraction of sp³-hybridized carbons (Fsp3) is 0.714. The molecule has 1 atom stereocenters. The lowest BCUT2D eigenvalue weighted by atomic mass is 10.3. The average molecular weight is 266 g/mol. The normalized spacial score (nSPS) is 12.4. The van der Waals surface area contributed by atoms with E-state index in [9.17, 15) is 4.79 Å². The van der Waals surface area contributed by atoms with Gasteiger partial charge in [0.1, 0.15) is 0 Å². The summed E-state index contributed by atoms with van der Waals surface area (Å²) in [6.07, 6.45) is 2.87. The zero-order valence-corrected chi connectivity index (χ0v) is 12.5. The van der Waals surface area contributed by atoms with Crippen LogP contribution in [0.2, 0.25) is 0 Å². The third kappa shape index (κ3) is 4.67. The summed E-state index contributed by atoms with van der Waals surface area (Å²) < 4.78 is 1.53. The Kier molecular flexibility index (Phi) is 6.56. The highest BCUT2D eigenvalue weighted by Crippen LogP contribution is 2.08. The number of nitrogens with one attached hydrogen (secondary N) is 1. The van der Waals surface area contributed by atoms with Gasteiger partial charge in [0.25, 0.3) is 5.56 Å². The van der Waals surface area contributed by atoms with E-state index in [4.69, 9.17) is 0 Å². The minimum Gasteiger partial charge on any atom is -0.371 e. The van der Waals surface area contributed by atoms with Crippen molar-refractivity contribution in [3.8, 4) is 0 Å². The molecule has 0 aliphatic carbocycles. The lowest BCUT2D eigenvalue weighted by Crippen LogP contribution is -2.36. The number of hydrogen-bond donors (Lipinski definition) is 1. The predicted octanol–water partition coefficient (Wildman–Crippen LogP) is 1.48. The van der Waals surface area contributed by atoms with E-state index in [0.717, 1.165) is 31.7 Å². The third-order valence-corrected chi connectivity index (χ3v) is 3.17. The summed E-state index contributed by atoms with van der Waals surface area (Å²) in [6.45, 7) is 11.7. The van der Waals surface area contributed by atoms with Crippen LogP contribution in [-0.2, 0) is 6.54 Å². The highest BCUT2D eigenvalue weighted by molar-refractivity contribution is 5.42. The lowest BCUT2D eigenvalue weighted by molar-refractivity contribution is 0.439. The number of hydrogen-bond acceptors (Lipinski definition) is 4. The average Bonchev–Trinajstić information content (AvgIpc) is 2.41. The molecule has 108 valence electrons. The summed E-state index contributed by atoms with van der Waals surface area (Å²) in [7, 11) is 0. The summed E-state index contributed by atoms with van der Waals surface area (Å²) in [5.74, 6) is 0. The van der Waals surface area contributed by atoms with Crippen molar-refractivity contribution in [2.75, 3.05) is 24.5 Å². The fourth-order valence-electron chi connectivity index (χ4n) is 2.04. The van der Waals surface area contributed by atoms with E-state index < -0.39 is 0 Å². The summed E-state index contributed by atoms with van der Waals surface area (Å²) in [6, 6.07) is 1.93. The molecule has 0 amide bonds. The Balaban J connectivity index is 2.74. The van der Waals surface area contributed by atoms with Gasteiger partial charge in [-0.05, 0) is 33.7 Å². The maximum Gasteiger partial charge on any atom is 0.268 e. The Labute approximate surface area is 115 Å². The van der Waals surface area contributed by atoms with Gasteiger partial charge < -0.3 is 10.2 Å². The number of nitrogens with zero attached hydrogens (tertiary/aromatic N) is 3. The van der Waals surface area contributed by atoms with E-state index in [2.05, 4.69) is 43.0 Å². The highest BCUT2D eigenvalue weighted by atomic mass is 16.1. The second-order valence-corrected chi connectivity index (χ2v) is 4.76. The summed E-state index contributed by atoms with van der Waals surface area (Å²) in [5, 5.41) is 7.62. The van der Waals surface area contributed by atoms with E-state index >= 15 is 0 Å². The smallest absolute Gasteiger partial charge is 0.268 e. The molecule has 1 N–H and O–H groups in total. The van der Waals surface area contributed by atoms with Crippen molar-refractivity contribution >= 4 is 5.69 Å². The molecular weight excluding hydrogens is 240 g/mol. The molecule has 1 rings (SSSR count). The van der Waals surface area contributed by atoms with E-state index in [-0.39, 0.29) is 11.6 Å². The Hall–Kier alpha value is -1.36. The minimum atomic E-state index is -0.0328. The standard InChI is InChI=1S/C14H26N4O/c1-5-8-15-12(4)11-18-14(19)9-13(10-16-18)17(6-2)7-3/h9-10,12,15H,5-8,11H2,1-4H3. The first-order valence-electron chi connectivity index (χ1n) is 7.17. The van der Waals surface area contributed by atoms with Gasteiger partial charge in [0, 0.05) is 25.2 Å². The molecule has 1 aromatic rings. The van der Waals surface area contributed by atoms with Gasteiger partial charge in [-0.15, -0.1) is 0 Å². The number of aromatic nitrogens is 2. The zero-order chi connectivity index (χ0) is 14.3. The van der Waals surface area contributed by atoms with Gasteiger partial charge in [-0.2, -0.15) is 5.10 Å². The SMILES string of the molecule is CCCNC(C)Cn1ncc(N(CC)CC)cc1=O. The zero-order valence-electron chi connectivity index (χ0n) is 12.5. The molecule has 1 unspecified atom stereocenters. The van der Waals surface area contributed by atoms with Gasteiger partial charge in [-0.1, -0.05) is 6.92 Å². The predicted molar refractivity (Wildman–Crippen MR) is 79.8 cm³/mol. The van der Waals surface area contributed by atoms with Crippen LogP contribution in [0.25, 0.3) is 0 Å². The molecule has 0 aliphatic heterocycles. The summed E-state index contributed by atoms with van der Waals surface area (Å²) >= 11 is 0. The van der Waals surface area contributed by atoms with Crippen molar-refractivity contribution < 1.29 is 0 Å². The molecule has 0 bridgehead atoms. The van der Waals surface area contributed by atoms with Crippen LogP contribution in [0.15, 0.2) is 17.1 Å². The highest BCUT2D eigenvalue weighted by Gasteiger charge is 2.08. The molecule has 0 spiro atoms. The lowest BCUT2D eigenvalue weighted by Gasteiger charge is -2.21. The Morgan fingerprint density at radius 1 is 1.37 bits per heavy atom. The molecule has 0 saturated carbocycles. The van der Waals surface area contributed by atoms with Gasteiger partial charge >= 0.3 is 0 Å². The van der Waals surface area contributed by atoms with Crippen LogP contribution in [0.1, 0.15) is 34.1 Å². The first-order valence-corrected chi connectivity index (χ1v) is 7.17. The van der Waals surface area contributed by atoms with Crippen molar-refractivity contribution in [2.24, 2.45) is 0 Å². The molecule has 5 nitrogen and oxygen atoms in total. The van der Waals surface area contributed by atoms with Crippen LogP contribution in [0, 0.1) is 0 Å². The molecule has 5 heteroatoms. The molecule has 19 heavy (non-hydrogen) atoms. The Morgan fingerprint density at radius 3 is 2.58 bits per heavy atom. The first kappa shape index (κ1) is 15.7. The van der Waals surface area contributed by atoms with Crippen LogP contribution < -0.4 is 15.8 Å². The molecule has 0 radical (unpaired) electrons. The minimum absolute atomic E-state index is 0.0328. The van der Waals surface area contributed by atoms with Gasteiger partial charge in [0.05, 0.1) is 18.4 Å². The van der Waals surface area contributed by atoms with Gasteiger partial charge in [-0.25, -0.2) is 4.68 Å². The first-order chi connectivity index (χ1) is 9.12. The van der Waals surface area contributed by atoms with Crippen LogP contribution in [0.5, 0.6) is 0 Å². The van der Waals surface area contributed by atoms with Gasteiger partial charge in [0.2, 0.25) is 0 Å².